The first-order chi connectivity index (χ1) is 16.1. The minimum Gasteiger partial charge on any atom is -0.204 e. The van der Waals surface area contributed by atoms with Gasteiger partial charge < -0.3 is 0 Å². The van der Waals surface area contributed by atoms with Crippen molar-refractivity contribution in [2.45, 2.75) is 39.0 Å². The van der Waals surface area contributed by atoms with Gasteiger partial charge in [0.2, 0.25) is 0 Å². The maximum Gasteiger partial charge on any atom is 0.153 e. The summed E-state index contributed by atoms with van der Waals surface area (Å²) in [5, 5.41) is 1.99. The predicted molar refractivity (Wildman–Crippen MR) is 135 cm³/mol. The van der Waals surface area contributed by atoms with Crippen LogP contribution in [0.15, 0.2) is 65.7 Å². The second-order valence-corrected chi connectivity index (χ2v) is 7.69. The second-order valence-electron chi connectivity index (χ2n) is 7.51. The summed E-state index contributed by atoms with van der Waals surface area (Å²) in [4.78, 5) is 3.43. The minimum absolute atomic E-state index is 0.412. The lowest BCUT2D eigenvalue weighted by molar-refractivity contribution is 0.588. The van der Waals surface area contributed by atoms with Crippen molar-refractivity contribution in [2.75, 3.05) is 0 Å². The fraction of sp³-hybridized carbons (Fsp3) is 0.207. The highest BCUT2D eigenvalue weighted by atomic mass is 32.1. The molecule has 0 aromatic heterocycles. The van der Waals surface area contributed by atoms with E-state index in [9.17, 15) is 8.78 Å². The molecule has 0 amide bonds. The largest absolute Gasteiger partial charge is 0.204 e. The molecule has 3 aromatic carbocycles. The van der Waals surface area contributed by atoms with Crippen LogP contribution in [0.5, 0.6) is 0 Å². The van der Waals surface area contributed by atoms with Crippen LogP contribution in [0.25, 0.3) is 11.1 Å². The molecule has 3 aromatic rings. The average Bonchev–Trinajstić information content (AvgIpc) is 2.83. The number of hydrogen-bond acceptors (Lipinski definition) is 2. The van der Waals surface area contributed by atoms with Crippen molar-refractivity contribution in [1.82, 2.24) is 0 Å². The predicted octanol–water partition coefficient (Wildman–Crippen LogP) is 8.09. The van der Waals surface area contributed by atoms with Gasteiger partial charge in [0.1, 0.15) is 5.69 Å². The third-order valence-electron chi connectivity index (χ3n) is 5.02. The van der Waals surface area contributed by atoms with Gasteiger partial charge in [0.05, 0.1) is 5.16 Å². The molecule has 1 nitrogen and oxygen atoms in total. The number of thiocarbonyl (C=S) groups is 1. The molecule has 0 fully saturated rings. The van der Waals surface area contributed by atoms with E-state index in [1.165, 1.54) is 31.4 Å². The average molecular weight is 456 g/mol. The first kappa shape index (κ1) is 24.1. The van der Waals surface area contributed by atoms with E-state index >= 15 is 0 Å². The Morgan fingerprint density at radius 2 is 1.27 bits per heavy atom. The number of unbranched alkanes of at least 4 members (excludes halogenated alkanes) is 4. The van der Waals surface area contributed by atoms with Crippen LogP contribution in [0.4, 0.5) is 14.5 Å². The number of isothiocyanates is 1. The Hall–Kier alpha value is -3.56. The van der Waals surface area contributed by atoms with E-state index in [1.54, 1.807) is 12.1 Å². The van der Waals surface area contributed by atoms with Crippen molar-refractivity contribution in [1.29, 1.82) is 0 Å². The molecular weight excluding hydrogens is 432 g/mol. The van der Waals surface area contributed by atoms with Gasteiger partial charge in [-0.25, -0.2) is 8.78 Å². The van der Waals surface area contributed by atoms with Crippen LogP contribution in [0.2, 0.25) is 0 Å². The zero-order valence-corrected chi connectivity index (χ0v) is 19.2. The summed E-state index contributed by atoms with van der Waals surface area (Å²) >= 11 is 4.42. The van der Waals surface area contributed by atoms with Gasteiger partial charge in [0, 0.05) is 23.1 Å². The summed E-state index contributed by atoms with van der Waals surface area (Å²) in [5.41, 5.74) is 3.34. The lowest BCUT2D eigenvalue weighted by Crippen LogP contribution is -1.87. The first-order valence-corrected chi connectivity index (χ1v) is 11.3. The van der Waals surface area contributed by atoms with Gasteiger partial charge in [0.15, 0.2) is 11.6 Å². The van der Waals surface area contributed by atoms with Crippen LogP contribution in [0.1, 0.15) is 55.7 Å². The summed E-state index contributed by atoms with van der Waals surface area (Å²) in [6.07, 6.45) is 5.83. The van der Waals surface area contributed by atoms with E-state index in [0.717, 1.165) is 29.5 Å². The molecule has 164 valence electrons. The van der Waals surface area contributed by atoms with Gasteiger partial charge in [-0.3, -0.25) is 0 Å². The summed E-state index contributed by atoms with van der Waals surface area (Å²) in [6.45, 7) is 2.20. The molecule has 0 aliphatic rings. The monoisotopic (exact) mass is 455 g/mol. The lowest BCUT2D eigenvalue weighted by atomic mass is 10.0. The normalized spacial score (nSPS) is 9.79. The summed E-state index contributed by atoms with van der Waals surface area (Å²) in [5.74, 6) is 11.1. The Balaban J connectivity index is 1.65. The van der Waals surface area contributed by atoms with Gasteiger partial charge in [-0.05, 0) is 78.3 Å². The molecular formula is C29H23F2NS. The molecule has 33 heavy (non-hydrogen) atoms. The number of aliphatic imine (C=N–C) groups is 1. The molecule has 0 saturated heterocycles. The molecule has 0 heterocycles. The molecule has 0 aliphatic carbocycles. The van der Waals surface area contributed by atoms with Crippen LogP contribution in [-0.2, 0) is 0 Å². The molecule has 0 saturated carbocycles. The Labute approximate surface area is 199 Å². The zero-order valence-electron chi connectivity index (χ0n) is 18.4. The quantitative estimate of drug-likeness (QED) is 0.158. The lowest BCUT2D eigenvalue weighted by Gasteiger charge is -2.05. The fourth-order valence-electron chi connectivity index (χ4n) is 3.22. The van der Waals surface area contributed by atoms with E-state index in [0.29, 0.717) is 11.1 Å². The SMILES string of the molecule is CCCCCCC#Cc1ccc(C#Cc2ccc(-c3cc(F)c(N=C=S)c(F)c3)cc2)cc1. The number of nitrogens with zero attached hydrogens (tertiary/aromatic N) is 1. The molecule has 0 unspecified atom stereocenters. The molecule has 0 radical (unpaired) electrons. The smallest absolute Gasteiger partial charge is 0.153 e. The third-order valence-corrected chi connectivity index (χ3v) is 5.11. The van der Waals surface area contributed by atoms with Gasteiger partial charge in [-0.2, -0.15) is 4.99 Å². The van der Waals surface area contributed by atoms with Crippen molar-refractivity contribution in [3.63, 3.8) is 0 Å². The van der Waals surface area contributed by atoms with E-state index in [4.69, 9.17) is 0 Å². The maximum absolute atomic E-state index is 14.1. The number of hydrogen-bond donors (Lipinski definition) is 0. The van der Waals surface area contributed by atoms with Crippen molar-refractivity contribution >= 4 is 23.1 Å². The Kier molecular flexibility index (Phi) is 9.10. The highest BCUT2D eigenvalue weighted by Crippen LogP contribution is 2.29. The Bertz CT molecular complexity index is 1240. The number of halogens is 2. The molecule has 0 aliphatic heterocycles. The maximum atomic E-state index is 14.1. The zero-order chi connectivity index (χ0) is 23.5. The standard InChI is InChI=1S/C29H23F2NS/c1-2-3-4-5-6-7-8-22-9-11-23(12-10-22)13-14-24-15-17-25(18-16-24)26-19-27(30)29(32-21-33)28(31)20-26/h9-12,15-20H,2-6H2,1H3. The van der Waals surface area contributed by atoms with Crippen LogP contribution in [0.3, 0.4) is 0 Å². The molecule has 0 atom stereocenters. The van der Waals surface area contributed by atoms with E-state index in [-0.39, 0.29) is 0 Å². The number of benzene rings is 3. The topological polar surface area (TPSA) is 12.4 Å². The first-order valence-electron chi connectivity index (χ1n) is 10.9. The van der Waals surface area contributed by atoms with Gasteiger partial charge >= 0.3 is 0 Å². The molecule has 0 spiro atoms. The van der Waals surface area contributed by atoms with Crippen molar-refractivity contribution in [2.24, 2.45) is 4.99 Å². The van der Waals surface area contributed by atoms with Gasteiger partial charge in [-0.1, -0.05) is 62.0 Å². The van der Waals surface area contributed by atoms with Crippen LogP contribution in [0, 0.1) is 35.3 Å². The van der Waals surface area contributed by atoms with Crippen LogP contribution >= 0.6 is 12.2 Å². The van der Waals surface area contributed by atoms with Gasteiger partial charge in [0.25, 0.3) is 0 Å². The second kappa shape index (κ2) is 12.5. The van der Waals surface area contributed by atoms with Crippen molar-refractivity contribution < 1.29 is 8.78 Å². The molecule has 0 N–H and O–H groups in total. The minimum atomic E-state index is -0.782. The fourth-order valence-corrected chi connectivity index (χ4v) is 3.31. The number of rotatable bonds is 6. The van der Waals surface area contributed by atoms with Crippen LogP contribution in [-0.4, -0.2) is 5.16 Å². The Morgan fingerprint density at radius 1 is 0.727 bits per heavy atom. The molecule has 3 rings (SSSR count). The molecule has 4 heteroatoms. The third kappa shape index (κ3) is 7.23. The highest BCUT2D eigenvalue weighted by molar-refractivity contribution is 7.78. The molecule has 0 bridgehead atoms. The van der Waals surface area contributed by atoms with Gasteiger partial charge in [-0.15, -0.1) is 0 Å². The van der Waals surface area contributed by atoms with Crippen molar-refractivity contribution in [3.05, 3.63) is 89.0 Å². The van der Waals surface area contributed by atoms with Crippen molar-refractivity contribution in [3.8, 4) is 34.8 Å². The highest BCUT2D eigenvalue weighted by Gasteiger charge is 2.11. The van der Waals surface area contributed by atoms with Crippen LogP contribution < -0.4 is 0 Å². The van der Waals surface area contributed by atoms with E-state index in [2.05, 4.69) is 47.8 Å². The van der Waals surface area contributed by atoms with E-state index in [1.807, 2.05) is 41.6 Å². The van der Waals surface area contributed by atoms with E-state index < -0.39 is 17.3 Å². The summed E-state index contributed by atoms with van der Waals surface area (Å²) < 4.78 is 28.2. The Morgan fingerprint density at radius 3 is 1.82 bits per heavy atom. The summed E-state index contributed by atoms with van der Waals surface area (Å²) in [7, 11) is 0. The summed E-state index contributed by atoms with van der Waals surface area (Å²) in [6, 6.07) is 17.5.